The van der Waals surface area contributed by atoms with Gasteiger partial charge in [-0.25, -0.2) is 28.1 Å². The standard InChI is InChI=1S/C16H18F2N6S2/c1-15(2,18)12-10(17)5-20-14(22-12)24-6-9-7-25-13(19)23-16(9,8-24)11-3-4-21-26-11/h3-5,9H,6-8H2,1-2H3,(H2,19,23)/t9-,16?/m0/s1. The molecule has 1 saturated heterocycles. The summed E-state index contributed by atoms with van der Waals surface area (Å²) in [5.74, 6) is 0.569. The summed E-state index contributed by atoms with van der Waals surface area (Å²) in [4.78, 5) is 16.0. The van der Waals surface area contributed by atoms with E-state index in [4.69, 9.17) is 10.7 Å². The fraction of sp³-hybridized carbons (Fsp3) is 0.500. The summed E-state index contributed by atoms with van der Waals surface area (Å²) < 4.78 is 32.5. The van der Waals surface area contributed by atoms with Crippen LogP contribution in [-0.4, -0.2) is 38.4 Å². The number of thioether (sulfide) groups is 1. The fourth-order valence-corrected chi connectivity index (χ4v) is 5.26. The average molecular weight is 396 g/mol. The maximum Gasteiger partial charge on any atom is 0.225 e. The Morgan fingerprint density at radius 1 is 1.42 bits per heavy atom. The molecule has 0 aliphatic carbocycles. The number of fused-ring (bicyclic) bond motifs is 1. The molecule has 1 unspecified atom stereocenters. The van der Waals surface area contributed by atoms with Crippen molar-refractivity contribution in [2.24, 2.45) is 16.6 Å². The molecule has 0 bridgehead atoms. The van der Waals surface area contributed by atoms with Gasteiger partial charge in [0.1, 0.15) is 16.9 Å². The van der Waals surface area contributed by atoms with Crippen LogP contribution in [0.25, 0.3) is 0 Å². The van der Waals surface area contributed by atoms with Crippen LogP contribution in [0.2, 0.25) is 0 Å². The molecule has 0 radical (unpaired) electrons. The number of amidine groups is 1. The summed E-state index contributed by atoms with van der Waals surface area (Å²) in [7, 11) is 0. The van der Waals surface area contributed by atoms with Crippen LogP contribution in [-0.2, 0) is 11.2 Å². The molecule has 1 fully saturated rings. The molecule has 2 aliphatic heterocycles. The molecule has 0 saturated carbocycles. The number of rotatable bonds is 3. The fourth-order valence-electron chi connectivity index (χ4n) is 3.49. The van der Waals surface area contributed by atoms with Crippen molar-refractivity contribution in [3.63, 3.8) is 0 Å². The maximum atomic E-state index is 14.3. The van der Waals surface area contributed by atoms with Gasteiger partial charge >= 0.3 is 0 Å². The molecule has 0 aromatic carbocycles. The second kappa shape index (κ2) is 6.12. The Balaban J connectivity index is 1.74. The number of nitrogens with zero attached hydrogens (tertiary/aromatic N) is 5. The molecule has 2 atom stereocenters. The van der Waals surface area contributed by atoms with Crippen molar-refractivity contribution >= 4 is 34.4 Å². The number of alkyl halides is 1. The minimum atomic E-state index is -1.89. The molecule has 10 heteroatoms. The highest BCUT2D eigenvalue weighted by atomic mass is 32.2. The molecule has 2 N–H and O–H groups in total. The third-order valence-electron chi connectivity index (χ3n) is 4.73. The van der Waals surface area contributed by atoms with Gasteiger partial charge in [0.2, 0.25) is 5.95 Å². The zero-order valence-electron chi connectivity index (χ0n) is 14.3. The van der Waals surface area contributed by atoms with E-state index < -0.39 is 17.0 Å². The largest absolute Gasteiger partial charge is 0.379 e. The number of halogens is 2. The van der Waals surface area contributed by atoms with Crippen molar-refractivity contribution in [1.82, 2.24) is 14.3 Å². The number of nitrogens with two attached hydrogens (primary N) is 1. The summed E-state index contributed by atoms with van der Waals surface area (Å²) >= 11 is 2.92. The van der Waals surface area contributed by atoms with Crippen LogP contribution in [0.4, 0.5) is 14.7 Å². The smallest absolute Gasteiger partial charge is 0.225 e. The highest BCUT2D eigenvalue weighted by Crippen LogP contribution is 2.47. The number of aromatic nitrogens is 3. The monoisotopic (exact) mass is 396 g/mol. The van der Waals surface area contributed by atoms with Crippen molar-refractivity contribution < 1.29 is 8.78 Å². The first-order valence-electron chi connectivity index (χ1n) is 8.16. The molecule has 0 spiro atoms. The highest BCUT2D eigenvalue weighted by molar-refractivity contribution is 8.13. The minimum Gasteiger partial charge on any atom is -0.379 e. The molecule has 2 aromatic heterocycles. The van der Waals surface area contributed by atoms with Crippen molar-refractivity contribution in [3.05, 3.63) is 34.8 Å². The van der Waals surface area contributed by atoms with Crippen LogP contribution in [0, 0.1) is 11.7 Å². The van der Waals surface area contributed by atoms with Crippen LogP contribution in [0.5, 0.6) is 0 Å². The summed E-state index contributed by atoms with van der Waals surface area (Å²) in [6.07, 6.45) is 2.78. The van der Waals surface area contributed by atoms with Crippen molar-refractivity contribution in [2.75, 3.05) is 23.7 Å². The van der Waals surface area contributed by atoms with Gasteiger partial charge in [0, 0.05) is 24.4 Å². The van der Waals surface area contributed by atoms with Crippen LogP contribution >= 0.6 is 23.3 Å². The van der Waals surface area contributed by atoms with Crippen molar-refractivity contribution in [2.45, 2.75) is 25.1 Å². The summed E-state index contributed by atoms with van der Waals surface area (Å²) in [6, 6.07) is 1.95. The SMILES string of the molecule is CC(C)(F)c1nc(N2C[C@H]3CSC(N)=NC3(c3ccns3)C2)ncc1F. The van der Waals surface area contributed by atoms with Gasteiger partial charge in [0.05, 0.1) is 17.6 Å². The topological polar surface area (TPSA) is 80.3 Å². The third kappa shape index (κ3) is 2.84. The van der Waals surface area contributed by atoms with E-state index in [-0.39, 0.29) is 11.6 Å². The van der Waals surface area contributed by atoms with Crippen LogP contribution < -0.4 is 10.6 Å². The van der Waals surface area contributed by atoms with E-state index >= 15 is 0 Å². The third-order valence-corrected chi connectivity index (χ3v) is 6.60. The molecular weight excluding hydrogens is 378 g/mol. The Hall–Kier alpha value is -1.81. The summed E-state index contributed by atoms with van der Waals surface area (Å²) in [6.45, 7) is 3.71. The first-order chi connectivity index (χ1) is 12.3. The lowest BCUT2D eigenvalue weighted by atomic mass is 9.87. The van der Waals surface area contributed by atoms with Crippen LogP contribution in [0.15, 0.2) is 23.5 Å². The van der Waals surface area contributed by atoms with Gasteiger partial charge in [-0.1, -0.05) is 11.8 Å². The van der Waals surface area contributed by atoms with Gasteiger partial charge in [-0.3, -0.25) is 0 Å². The number of hydrogen-bond donors (Lipinski definition) is 1. The predicted molar refractivity (Wildman–Crippen MR) is 99.7 cm³/mol. The molecule has 4 heterocycles. The normalized spacial score (nSPS) is 25.9. The zero-order chi connectivity index (χ0) is 18.5. The summed E-state index contributed by atoms with van der Waals surface area (Å²) in [5, 5.41) is 0.544. The van der Waals surface area contributed by atoms with E-state index in [1.165, 1.54) is 37.1 Å². The first-order valence-corrected chi connectivity index (χ1v) is 9.92. The Bertz CT molecular complexity index is 851. The van der Waals surface area contributed by atoms with Gasteiger partial charge in [-0.05, 0) is 31.4 Å². The van der Waals surface area contributed by atoms with Gasteiger partial charge < -0.3 is 10.6 Å². The van der Waals surface area contributed by atoms with Gasteiger partial charge in [-0.2, -0.15) is 0 Å². The zero-order valence-corrected chi connectivity index (χ0v) is 15.9. The molecule has 0 amide bonds. The van der Waals surface area contributed by atoms with E-state index in [9.17, 15) is 8.78 Å². The van der Waals surface area contributed by atoms with Gasteiger partial charge in [-0.15, -0.1) is 0 Å². The Kier molecular flexibility index (Phi) is 4.14. The molecule has 4 rings (SSSR count). The Morgan fingerprint density at radius 3 is 2.92 bits per heavy atom. The molecule has 138 valence electrons. The first kappa shape index (κ1) is 17.6. The maximum absolute atomic E-state index is 14.3. The van der Waals surface area contributed by atoms with Crippen LogP contribution in [0.3, 0.4) is 0 Å². The lowest BCUT2D eigenvalue weighted by Gasteiger charge is -2.32. The second-order valence-corrected chi connectivity index (χ2v) is 8.85. The summed E-state index contributed by atoms with van der Waals surface area (Å²) in [5.41, 5.74) is 3.38. The lowest BCUT2D eigenvalue weighted by Crippen LogP contribution is -2.39. The van der Waals surface area contributed by atoms with Gasteiger partial charge in [0.15, 0.2) is 11.0 Å². The molecule has 2 aliphatic rings. The Morgan fingerprint density at radius 2 is 2.23 bits per heavy atom. The van der Waals surface area contributed by atoms with E-state index in [1.54, 1.807) is 6.20 Å². The van der Waals surface area contributed by atoms with Crippen molar-refractivity contribution in [3.8, 4) is 0 Å². The van der Waals surface area contributed by atoms with Crippen molar-refractivity contribution in [1.29, 1.82) is 0 Å². The quantitative estimate of drug-likeness (QED) is 0.859. The average Bonchev–Trinajstić information content (AvgIpc) is 3.22. The van der Waals surface area contributed by atoms with E-state index in [2.05, 4.69) is 14.3 Å². The van der Waals surface area contributed by atoms with E-state index in [0.29, 0.717) is 24.2 Å². The molecule has 6 nitrogen and oxygen atoms in total. The molecule has 2 aromatic rings. The predicted octanol–water partition coefficient (Wildman–Crippen LogP) is 2.67. The number of hydrogen-bond acceptors (Lipinski definition) is 8. The molecule has 26 heavy (non-hydrogen) atoms. The second-order valence-electron chi connectivity index (χ2n) is 6.98. The number of aliphatic imine (C=N–C) groups is 1. The lowest BCUT2D eigenvalue weighted by molar-refractivity contribution is 0.205. The van der Waals surface area contributed by atoms with Crippen LogP contribution in [0.1, 0.15) is 24.4 Å². The molecular formula is C16H18F2N6S2. The minimum absolute atomic E-state index is 0.190. The number of anilines is 1. The van der Waals surface area contributed by atoms with E-state index in [0.717, 1.165) is 16.8 Å². The van der Waals surface area contributed by atoms with Gasteiger partial charge in [0.25, 0.3) is 0 Å². The Labute approximate surface area is 158 Å². The highest BCUT2D eigenvalue weighted by Gasteiger charge is 2.51. The van der Waals surface area contributed by atoms with E-state index in [1.807, 2.05) is 11.0 Å².